The van der Waals surface area contributed by atoms with Crippen molar-refractivity contribution < 1.29 is 14.3 Å². The third kappa shape index (κ3) is 2.76. The molecule has 3 rings (SSSR count). The maximum atomic E-state index is 12.7. The van der Waals surface area contributed by atoms with Crippen molar-refractivity contribution in [2.75, 3.05) is 32.8 Å². The Balaban J connectivity index is 1.82. The van der Waals surface area contributed by atoms with Gasteiger partial charge in [-0.1, -0.05) is 6.07 Å². The van der Waals surface area contributed by atoms with E-state index in [-0.39, 0.29) is 17.9 Å². The molecule has 22 heavy (non-hydrogen) atoms. The van der Waals surface area contributed by atoms with Gasteiger partial charge in [-0.3, -0.25) is 10.2 Å². The molecule has 0 bridgehead atoms. The molecule has 0 saturated carbocycles. The fourth-order valence-corrected chi connectivity index (χ4v) is 3.07. The molecule has 0 aliphatic carbocycles. The summed E-state index contributed by atoms with van der Waals surface area (Å²) in [7, 11) is 0. The Morgan fingerprint density at radius 2 is 1.95 bits per heavy atom. The lowest BCUT2D eigenvalue weighted by molar-refractivity contribution is -0.135. The molecule has 2 N–H and O–H groups in total. The molecule has 1 aromatic carbocycles. The lowest BCUT2D eigenvalue weighted by Crippen LogP contribution is -2.39. The predicted octanol–water partition coefficient (Wildman–Crippen LogP) is 1.09. The van der Waals surface area contributed by atoms with Crippen LogP contribution in [-0.2, 0) is 4.79 Å². The summed E-state index contributed by atoms with van der Waals surface area (Å²) in [6, 6.07) is 5.84. The minimum Gasteiger partial charge on any atom is -0.486 e. The van der Waals surface area contributed by atoms with Crippen LogP contribution in [0.2, 0.25) is 0 Å². The van der Waals surface area contributed by atoms with Crippen molar-refractivity contribution in [1.82, 2.24) is 15.8 Å². The van der Waals surface area contributed by atoms with Gasteiger partial charge in [-0.15, -0.1) is 0 Å². The second kappa shape index (κ2) is 6.54. The van der Waals surface area contributed by atoms with Crippen LogP contribution in [0.15, 0.2) is 18.2 Å². The molecule has 1 amide bonds. The summed E-state index contributed by atoms with van der Waals surface area (Å²) in [5.41, 5.74) is 7.38. The first-order chi connectivity index (χ1) is 10.7. The largest absolute Gasteiger partial charge is 0.486 e. The molecule has 1 saturated heterocycles. The molecule has 2 atom stereocenters. The van der Waals surface area contributed by atoms with Crippen molar-refractivity contribution in [3.63, 3.8) is 0 Å². The van der Waals surface area contributed by atoms with E-state index in [1.807, 2.05) is 36.9 Å². The molecule has 1 aromatic rings. The highest BCUT2D eigenvalue weighted by molar-refractivity contribution is 5.80. The van der Waals surface area contributed by atoms with Crippen LogP contribution >= 0.6 is 0 Å². The Morgan fingerprint density at radius 3 is 2.68 bits per heavy atom. The van der Waals surface area contributed by atoms with E-state index in [1.54, 1.807) is 0 Å². The Kier molecular flexibility index (Phi) is 4.49. The van der Waals surface area contributed by atoms with Gasteiger partial charge in [-0.2, -0.15) is 0 Å². The minimum atomic E-state index is -0.109. The summed E-state index contributed by atoms with van der Waals surface area (Å²) in [6.45, 7) is 7.27. The molecule has 2 unspecified atom stereocenters. The van der Waals surface area contributed by atoms with E-state index >= 15 is 0 Å². The van der Waals surface area contributed by atoms with Crippen molar-refractivity contribution in [1.29, 1.82) is 0 Å². The van der Waals surface area contributed by atoms with Gasteiger partial charge in [0.1, 0.15) is 13.2 Å². The van der Waals surface area contributed by atoms with Crippen molar-refractivity contribution in [3.05, 3.63) is 23.8 Å². The Labute approximate surface area is 130 Å². The second-order valence-corrected chi connectivity index (χ2v) is 5.52. The normalized spacial score (nSPS) is 23.4. The number of carbonyl (C=O) groups excluding carboxylic acids is 1. The summed E-state index contributed by atoms with van der Waals surface area (Å²) in [6.07, 6.45) is 0. The third-order valence-electron chi connectivity index (χ3n) is 4.30. The van der Waals surface area contributed by atoms with E-state index in [4.69, 9.17) is 9.47 Å². The van der Waals surface area contributed by atoms with Gasteiger partial charge < -0.3 is 14.4 Å². The molecule has 6 nitrogen and oxygen atoms in total. The first kappa shape index (κ1) is 15.1. The van der Waals surface area contributed by atoms with Gasteiger partial charge in [0.25, 0.3) is 0 Å². The van der Waals surface area contributed by atoms with E-state index < -0.39 is 0 Å². The summed E-state index contributed by atoms with van der Waals surface area (Å²) >= 11 is 0. The number of benzene rings is 1. The van der Waals surface area contributed by atoms with Crippen LogP contribution in [0.4, 0.5) is 0 Å². The standard InChI is InChI=1S/C16H23N3O3/c1-3-19(4-2)16(20)12-10-17-18-15(12)11-5-6-13-14(9-11)22-8-7-21-13/h5-6,9,12,15,17-18H,3-4,7-8,10H2,1-2H3. The fraction of sp³-hybridized carbons (Fsp3) is 0.562. The quantitative estimate of drug-likeness (QED) is 0.872. The number of ether oxygens (including phenoxy) is 2. The van der Waals surface area contributed by atoms with Gasteiger partial charge in [-0.25, -0.2) is 5.43 Å². The third-order valence-corrected chi connectivity index (χ3v) is 4.30. The fourth-order valence-electron chi connectivity index (χ4n) is 3.07. The number of amides is 1. The number of carbonyl (C=O) groups is 1. The van der Waals surface area contributed by atoms with Gasteiger partial charge in [-0.05, 0) is 31.5 Å². The van der Waals surface area contributed by atoms with E-state index in [9.17, 15) is 4.79 Å². The summed E-state index contributed by atoms with van der Waals surface area (Å²) in [5, 5.41) is 0. The van der Waals surface area contributed by atoms with Gasteiger partial charge in [0.2, 0.25) is 5.91 Å². The summed E-state index contributed by atoms with van der Waals surface area (Å²) < 4.78 is 11.2. The molecular weight excluding hydrogens is 282 g/mol. The van der Waals surface area contributed by atoms with Gasteiger partial charge in [0.05, 0.1) is 12.0 Å². The summed E-state index contributed by atoms with van der Waals surface area (Å²) in [5.74, 6) is 1.60. The average Bonchev–Trinajstić information content (AvgIpc) is 3.05. The van der Waals surface area contributed by atoms with Gasteiger partial charge in [0, 0.05) is 19.6 Å². The van der Waals surface area contributed by atoms with E-state index in [2.05, 4.69) is 10.9 Å². The maximum absolute atomic E-state index is 12.7. The number of nitrogens with zero attached hydrogens (tertiary/aromatic N) is 1. The van der Waals surface area contributed by atoms with Gasteiger partial charge >= 0.3 is 0 Å². The maximum Gasteiger partial charge on any atom is 0.228 e. The van der Waals surface area contributed by atoms with Crippen LogP contribution in [-0.4, -0.2) is 43.7 Å². The summed E-state index contributed by atoms with van der Waals surface area (Å²) in [4.78, 5) is 14.5. The highest BCUT2D eigenvalue weighted by Gasteiger charge is 2.36. The molecule has 6 heteroatoms. The van der Waals surface area contributed by atoms with Crippen molar-refractivity contribution in [2.24, 2.45) is 5.92 Å². The Morgan fingerprint density at radius 1 is 1.23 bits per heavy atom. The number of hydrogen-bond donors (Lipinski definition) is 2. The molecule has 1 fully saturated rings. The Bertz CT molecular complexity index is 545. The van der Waals surface area contributed by atoms with Crippen LogP contribution in [0.3, 0.4) is 0 Å². The van der Waals surface area contributed by atoms with Crippen LogP contribution in [0.25, 0.3) is 0 Å². The minimum absolute atomic E-state index is 0.0519. The van der Waals surface area contributed by atoms with Crippen molar-refractivity contribution in [2.45, 2.75) is 19.9 Å². The molecule has 120 valence electrons. The van der Waals surface area contributed by atoms with Crippen molar-refractivity contribution >= 4 is 5.91 Å². The van der Waals surface area contributed by atoms with E-state index in [0.29, 0.717) is 19.8 Å². The molecule has 2 aliphatic heterocycles. The number of fused-ring (bicyclic) bond motifs is 1. The van der Waals surface area contributed by atoms with Gasteiger partial charge in [0.15, 0.2) is 11.5 Å². The number of hydrazine groups is 1. The first-order valence-electron chi connectivity index (χ1n) is 7.91. The Hall–Kier alpha value is -1.79. The zero-order valence-corrected chi connectivity index (χ0v) is 13.1. The van der Waals surface area contributed by atoms with Crippen LogP contribution in [0.1, 0.15) is 25.5 Å². The molecule has 0 radical (unpaired) electrons. The van der Waals surface area contributed by atoms with Crippen LogP contribution in [0, 0.1) is 5.92 Å². The molecule has 2 aliphatic rings. The lowest BCUT2D eigenvalue weighted by atomic mass is 9.93. The van der Waals surface area contributed by atoms with E-state index in [1.165, 1.54) is 0 Å². The average molecular weight is 305 g/mol. The molecule has 0 aromatic heterocycles. The first-order valence-corrected chi connectivity index (χ1v) is 7.91. The second-order valence-electron chi connectivity index (χ2n) is 5.52. The number of hydrogen-bond acceptors (Lipinski definition) is 5. The van der Waals surface area contributed by atoms with Crippen LogP contribution in [0.5, 0.6) is 11.5 Å². The smallest absolute Gasteiger partial charge is 0.228 e. The van der Waals surface area contributed by atoms with E-state index in [0.717, 1.165) is 30.2 Å². The number of rotatable bonds is 4. The zero-order chi connectivity index (χ0) is 15.5. The van der Waals surface area contributed by atoms with Crippen LogP contribution < -0.4 is 20.3 Å². The topological polar surface area (TPSA) is 62.8 Å². The number of nitrogens with one attached hydrogen (secondary N) is 2. The highest BCUT2D eigenvalue weighted by atomic mass is 16.6. The molecular formula is C16H23N3O3. The predicted molar refractivity (Wildman–Crippen MR) is 82.7 cm³/mol. The highest BCUT2D eigenvalue weighted by Crippen LogP contribution is 2.35. The SMILES string of the molecule is CCN(CC)C(=O)C1CNNC1c1ccc2c(c1)OCCO2. The lowest BCUT2D eigenvalue weighted by Gasteiger charge is -2.26. The van der Waals surface area contributed by atoms with Crippen molar-refractivity contribution in [3.8, 4) is 11.5 Å². The monoisotopic (exact) mass is 305 g/mol. The zero-order valence-electron chi connectivity index (χ0n) is 13.1. The molecule has 0 spiro atoms. The molecule has 2 heterocycles.